The summed E-state index contributed by atoms with van der Waals surface area (Å²) in [5.74, 6) is -0.256. The Morgan fingerprint density at radius 2 is 1.83 bits per heavy atom. The van der Waals surface area contributed by atoms with E-state index in [1.807, 2.05) is 6.92 Å². The summed E-state index contributed by atoms with van der Waals surface area (Å²) in [7, 11) is -3.87. The molecule has 0 heterocycles. The van der Waals surface area contributed by atoms with E-state index in [0.29, 0.717) is 13.0 Å². The zero-order valence-electron chi connectivity index (χ0n) is 12.5. The van der Waals surface area contributed by atoms with E-state index in [9.17, 15) is 13.2 Å². The monoisotopic (exact) mass is 403 g/mol. The van der Waals surface area contributed by atoms with Gasteiger partial charge in [-0.15, -0.1) is 12.4 Å². The van der Waals surface area contributed by atoms with Crippen molar-refractivity contribution in [3.8, 4) is 0 Å². The fraction of sp³-hybridized carbons (Fsp3) is 0.462. The van der Waals surface area contributed by atoms with E-state index >= 15 is 0 Å². The first kappa shape index (κ1) is 22.4. The van der Waals surface area contributed by atoms with E-state index in [-0.39, 0.29) is 52.3 Å². The molecule has 6 nitrogen and oxygen atoms in total. The van der Waals surface area contributed by atoms with Crippen molar-refractivity contribution in [2.24, 2.45) is 5.73 Å². The molecule has 1 rings (SSSR count). The highest BCUT2D eigenvalue weighted by Gasteiger charge is 2.21. The maximum Gasteiger partial charge on any atom is 0.243 e. The zero-order chi connectivity index (χ0) is 16.8. The van der Waals surface area contributed by atoms with Gasteiger partial charge in [0.05, 0.1) is 10.0 Å². The molecule has 1 aromatic rings. The highest BCUT2D eigenvalue weighted by molar-refractivity contribution is 7.89. The lowest BCUT2D eigenvalue weighted by atomic mass is 10.2. The highest BCUT2D eigenvalue weighted by atomic mass is 35.5. The maximum atomic E-state index is 12.1. The van der Waals surface area contributed by atoms with Crippen molar-refractivity contribution < 1.29 is 13.2 Å². The summed E-state index contributed by atoms with van der Waals surface area (Å²) in [6, 6.07) is 4.42. The van der Waals surface area contributed by atoms with E-state index in [0.717, 1.165) is 0 Å². The molecular formula is C13H20Cl3N3O3S. The van der Waals surface area contributed by atoms with Crippen molar-refractivity contribution in [3.05, 3.63) is 28.2 Å². The molecule has 10 heteroatoms. The van der Waals surface area contributed by atoms with Crippen LogP contribution in [0, 0.1) is 0 Å². The summed E-state index contributed by atoms with van der Waals surface area (Å²) in [6.45, 7) is 2.25. The van der Waals surface area contributed by atoms with Gasteiger partial charge in [0, 0.05) is 25.6 Å². The molecule has 0 aliphatic heterocycles. The Kier molecular flexibility index (Phi) is 10.1. The molecule has 1 unspecified atom stereocenters. The molecule has 0 fully saturated rings. The average Bonchev–Trinajstić information content (AvgIpc) is 2.37. The third kappa shape index (κ3) is 7.69. The molecule has 1 aromatic carbocycles. The SMILES string of the molecule is CC(N)CCNC(=O)CCNS(=O)(=O)c1c(Cl)cccc1Cl.Cl. The van der Waals surface area contributed by atoms with Gasteiger partial charge in [-0.25, -0.2) is 13.1 Å². The topological polar surface area (TPSA) is 101 Å². The van der Waals surface area contributed by atoms with Gasteiger partial charge >= 0.3 is 0 Å². The minimum atomic E-state index is -3.87. The van der Waals surface area contributed by atoms with Gasteiger partial charge in [0.15, 0.2) is 0 Å². The summed E-state index contributed by atoms with van der Waals surface area (Å²) < 4.78 is 26.6. The van der Waals surface area contributed by atoms with Gasteiger partial charge in [-0.3, -0.25) is 4.79 Å². The number of sulfonamides is 1. The predicted molar refractivity (Wildman–Crippen MR) is 94.8 cm³/mol. The van der Waals surface area contributed by atoms with Crippen molar-refractivity contribution in [1.82, 2.24) is 10.0 Å². The number of hydrogen-bond acceptors (Lipinski definition) is 4. The van der Waals surface area contributed by atoms with E-state index in [1.165, 1.54) is 12.1 Å². The van der Waals surface area contributed by atoms with Crippen molar-refractivity contribution in [1.29, 1.82) is 0 Å². The van der Waals surface area contributed by atoms with E-state index in [2.05, 4.69) is 10.0 Å². The minimum absolute atomic E-state index is 0. The highest BCUT2D eigenvalue weighted by Crippen LogP contribution is 2.28. The second-order valence-corrected chi connectivity index (χ2v) is 7.33. The fourth-order valence-corrected chi connectivity index (χ4v) is 3.81. The molecule has 0 saturated carbocycles. The minimum Gasteiger partial charge on any atom is -0.356 e. The number of nitrogens with one attached hydrogen (secondary N) is 2. The van der Waals surface area contributed by atoms with E-state index in [4.69, 9.17) is 28.9 Å². The summed E-state index contributed by atoms with van der Waals surface area (Å²) in [5, 5.41) is 2.72. The lowest BCUT2D eigenvalue weighted by Gasteiger charge is -2.10. The van der Waals surface area contributed by atoms with Gasteiger partial charge in [-0.2, -0.15) is 0 Å². The number of amides is 1. The zero-order valence-corrected chi connectivity index (χ0v) is 15.7. The molecular weight excluding hydrogens is 385 g/mol. The molecule has 1 amide bonds. The second kappa shape index (κ2) is 10.3. The average molecular weight is 405 g/mol. The molecule has 0 aliphatic rings. The lowest BCUT2D eigenvalue weighted by Crippen LogP contribution is -2.33. The summed E-state index contributed by atoms with van der Waals surface area (Å²) in [5.41, 5.74) is 5.56. The summed E-state index contributed by atoms with van der Waals surface area (Å²) in [6.07, 6.45) is 0.674. The molecule has 0 aliphatic carbocycles. The number of rotatable bonds is 8. The fourth-order valence-electron chi connectivity index (χ4n) is 1.64. The molecule has 0 spiro atoms. The molecule has 0 aromatic heterocycles. The smallest absolute Gasteiger partial charge is 0.243 e. The third-order valence-corrected chi connectivity index (χ3v) is 5.17. The van der Waals surface area contributed by atoms with Crippen molar-refractivity contribution in [3.63, 3.8) is 0 Å². The summed E-state index contributed by atoms with van der Waals surface area (Å²) >= 11 is 11.7. The summed E-state index contributed by atoms with van der Waals surface area (Å²) in [4.78, 5) is 11.4. The van der Waals surface area contributed by atoms with Gasteiger partial charge in [0.25, 0.3) is 0 Å². The van der Waals surface area contributed by atoms with Gasteiger partial charge in [-0.05, 0) is 25.5 Å². The number of carbonyl (C=O) groups excluding carboxylic acids is 1. The number of nitrogens with two attached hydrogens (primary N) is 1. The van der Waals surface area contributed by atoms with Crippen LogP contribution in [0.4, 0.5) is 0 Å². The Bertz CT molecular complexity index is 604. The molecule has 0 bridgehead atoms. The standard InChI is InChI=1S/C13H19Cl2N3O3S.ClH/c1-9(16)5-7-17-12(19)6-8-18-22(20,21)13-10(14)3-2-4-11(13)15;/h2-4,9,18H,5-8,16H2,1H3,(H,17,19);1H. The van der Waals surface area contributed by atoms with Gasteiger partial charge in [0.2, 0.25) is 15.9 Å². The van der Waals surface area contributed by atoms with Crippen LogP contribution in [0.2, 0.25) is 10.0 Å². The van der Waals surface area contributed by atoms with Crippen molar-refractivity contribution in [2.45, 2.75) is 30.7 Å². The van der Waals surface area contributed by atoms with Crippen LogP contribution in [-0.2, 0) is 14.8 Å². The Morgan fingerprint density at radius 1 is 1.26 bits per heavy atom. The van der Waals surface area contributed by atoms with Crippen LogP contribution in [0.15, 0.2) is 23.1 Å². The van der Waals surface area contributed by atoms with Crippen LogP contribution in [0.3, 0.4) is 0 Å². The Hall–Kier alpha value is -0.570. The quantitative estimate of drug-likeness (QED) is 0.616. The first-order valence-corrected chi connectivity index (χ1v) is 8.94. The van der Waals surface area contributed by atoms with Crippen molar-refractivity contribution >= 4 is 51.5 Å². The van der Waals surface area contributed by atoms with Crippen LogP contribution in [0.5, 0.6) is 0 Å². The van der Waals surface area contributed by atoms with E-state index in [1.54, 1.807) is 6.07 Å². The number of benzene rings is 1. The lowest BCUT2D eigenvalue weighted by molar-refractivity contribution is -0.120. The molecule has 0 saturated heterocycles. The first-order valence-electron chi connectivity index (χ1n) is 6.70. The molecule has 4 N–H and O–H groups in total. The third-order valence-electron chi connectivity index (χ3n) is 2.75. The Morgan fingerprint density at radius 3 is 2.35 bits per heavy atom. The van der Waals surface area contributed by atoms with Gasteiger partial charge in [0.1, 0.15) is 4.90 Å². The number of carbonyl (C=O) groups is 1. The molecule has 23 heavy (non-hydrogen) atoms. The van der Waals surface area contributed by atoms with Crippen LogP contribution >= 0.6 is 35.6 Å². The number of hydrogen-bond donors (Lipinski definition) is 3. The van der Waals surface area contributed by atoms with Crippen molar-refractivity contribution in [2.75, 3.05) is 13.1 Å². The van der Waals surface area contributed by atoms with Gasteiger partial charge < -0.3 is 11.1 Å². The molecule has 0 radical (unpaired) electrons. The largest absolute Gasteiger partial charge is 0.356 e. The first-order chi connectivity index (χ1) is 10.2. The van der Waals surface area contributed by atoms with Crippen LogP contribution < -0.4 is 15.8 Å². The molecule has 132 valence electrons. The Labute approximate surface area is 152 Å². The van der Waals surface area contributed by atoms with Crippen LogP contribution in [0.25, 0.3) is 0 Å². The number of halogens is 3. The van der Waals surface area contributed by atoms with Crippen LogP contribution in [-0.4, -0.2) is 33.5 Å². The van der Waals surface area contributed by atoms with Crippen LogP contribution in [0.1, 0.15) is 19.8 Å². The maximum absolute atomic E-state index is 12.1. The molecule has 1 atom stereocenters. The van der Waals surface area contributed by atoms with E-state index < -0.39 is 10.0 Å². The predicted octanol–water partition coefficient (Wildman–Crippen LogP) is 1.94. The Balaban J connectivity index is 0.00000484. The normalized spacial score (nSPS) is 12.3. The second-order valence-electron chi connectivity index (χ2n) is 4.81. The van der Waals surface area contributed by atoms with Gasteiger partial charge in [-0.1, -0.05) is 29.3 Å².